The Bertz CT molecular complexity index is 1150. The second-order valence-electron chi connectivity index (χ2n) is 8.69. The Balaban J connectivity index is 1.92. The number of nitrogens with zero attached hydrogens (tertiary/aromatic N) is 2. The Morgan fingerprint density at radius 3 is 2.55 bits per heavy atom. The van der Waals surface area contributed by atoms with Crippen molar-refractivity contribution in [2.24, 2.45) is 11.8 Å². The van der Waals surface area contributed by atoms with Crippen molar-refractivity contribution in [1.29, 1.82) is 0 Å². The molecule has 1 aromatic heterocycles. The van der Waals surface area contributed by atoms with Crippen molar-refractivity contribution in [3.63, 3.8) is 0 Å². The number of ketones is 1. The molecule has 4 bridgehead atoms. The number of methoxy groups -OCH3 is 2. The van der Waals surface area contributed by atoms with Crippen molar-refractivity contribution in [2.45, 2.75) is 37.6 Å². The first-order valence-electron chi connectivity index (χ1n) is 10.5. The van der Waals surface area contributed by atoms with E-state index < -0.39 is 35.4 Å². The fraction of sp³-hybridized carbons (Fsp3) is 0.478. The average Bonchev–Trinajstić information content (AvgIpc) is 3.05. The minimum Gasteiger partial charge on any atom is -0.468 e. The van der Waals surface area contributed by atoms with Crippen LogP contribution in [0.15, 0.2) is 24.3 Å². The molecule has 1 aromatic carbocycles. The standard InChI is InChI=1S/C23H24N2O6/c1-12(26)16-10-13-11-23(21(28)30-2)18(16)24(20(13)27)9-8-15-14-6-4-5-7-17(14)25(19(15)23)22(29)31-3/h4-7,13,16,18H,8-11H2,1-3H3/t13?,16?,18-,23?/m0/s1. The lowest BCUT2D eigenvalue weighted by atomic mass is 9.55. The molecule has 3 unspecified atom stereocenters. The van der Waals surface area contributed by atoms with E-state index in [2.05, 4.69) is 0 Å². The Morgan fingerprint density at radius 1 is 1.13 bits per heavy atom. The Labute approximate surface area is 179 Å². The molecule has 3 fully saturated rings. The van der Waals surface area contributed by atoms with E-state index in [1.807, 2.05) is 24.3 Å². The van der Waals surface area contributed by atoms with Crippen LogP contribution in [-0.2, 0) is 35.7 Å². The van der Waals surface area contributed by atoms with Crippen LogP contribution in [0.3, 0.4) is 0 Å². The normalized spacial score (nSPS) is 28.8. The van der Waals surface area contributed by atoms with Gasteiger partial charge in [-0.3, -0.25) is 14.4 Å². The van der Waals surface area contributed by atoms with Crippen LogP contribution in [0.2, 0.25) is 0 Å². The third kappa shape index (κ3) is 2.36. The number of fused-ring (bicyclic) bond motifs is 4. The Kier molecular flexibility index (Phi) is 4.26. The fourth-order valence-electron chi connectivity index (χ4n) is 6.31. The summed E-state index contributed by atoms with van der Waals surface area (Å²) in [6.45, 7) is 1.88. The molecule has 4 heterocycles. The van der Waals surface area contributed by atoms with Crippen LogP contribution < -0.4 is 0 Å². The number of ether oxygens (including phenoxy) is 2. The number of piperidine rings is 2. The van der Waals surface area contributed by atoms with Crippen molar-refractivity contribution < 1.29 is 28.7 Å². The summed E-state index contributed by atoms with van der Waals surface area (Å²) in [7, 11) is 2.61. The zero-order valence-electron chi connectivity index (χ0n) is 17.7. The number of aromatic nitrogens is 1. The molecule has 6 rings (SSSR count). The van der Waals surface area contributed by atoms with Gasteiger partial charge in [-0.15, -0.1) is 0 Å². The first-order valence-corrected chi connectivity index (χ1v) is 10.5. The van der Waals surface area contributed by atoms with E-state index in [0.717, 1.165) is 10.9 Å². The van der Waals surface area contributed by atoms with Gasteiger partial charge in [0.25, 0.3) is 0 Å². The van der Waals surface area contributed by atoms with Gasteiger partial charge in [0, 0.05) is 23.8 Å². The molecule has 0 N–H and O–H groups in total. The first kappa shape index (κ1) is 19.8. The highest BCUT2D eigenvalue weighted by molar-refractivity contribution is 6.00. The lowest BCUT2D eigenvalue weighted by molar-refractivity contribution is -0.173. The molecule has 3 aliphatic heterocycles. The highest BCUT2D eigenvalue weighted by atomic mass is 16.5. The maximum atomic E-state index is 13.6. The van der Waals surface area contributed by atoms with Gasteiger partial charge in [0.2, 0.25) is 5.91 Å². The van der Waals surface area contributed by atoms with Gasteiger partial charge in [0.1, 0.15) is 11.2 Å². The summed E-state index contributed by atoms with van der Waals surface area (Å²) in [5, 5.41) is 0.836. The van der Waals surface area contributed by atoms with Gasteiger partial charge < -0.3 is 14.4 Å². The molecule has 8 nitrogen and oxygen atoms in total. The van der Waals surface area contributed by atoms with Gasteiger partial charge in [0.15, 0.2) is 0 Å². The number of carbonyl (C=O) groups is 4. The number of para-hydroxylation sites is 1. The maximum Gasteiger partial charge on any atom is 0.418 e. The van der Waals surface area contributed by atoms with E-state index in [4.69, 9.17) is 9.47 Å². The third-order valence-electron chi connectivity index (χ3n) is 7.39. The third-order valence-corrected chi connectivity index (χ3v) is 7.39. The summed E-state index contributed by atoms with van der Waals surface area (Å²) in [6, 6.07) is 6.74. The minimum absolute atomic E-state index is 0.0268. The van der Waals surface area contributed by atoms with Crippen LogP contribution in [0.4, 0.5) is 4.79 Å². The average molecular weight is 424 g/mol. The van der Waals surface area contributed by atoms with Crippen LogP contribution in [0.5, 0.6) is 0 Å². The van der Waals surface area contributed by atoms with Crippen LogP contribution >= 0.6 is 0 Å². The first-order chi connectivity index (χ1) is 14.9. The van der Waals surface area contributed by atoms with Crippen molar-refractivity contribution >= 4 is 34.7 Å². The highest BCUT2D eigenvalue weighted by Gasteiger charge is 2.67. The van der Waals surface area contributed by atoms with Crippen molar-refractivity contribution in [2.75, 3.05) is 20.8 Å². The highest BCUT2D eigenvalue weighted by Crippen LogP contribution is 2.56. The van der Waals surface area contributed by atoms with Gasteiger partial charge in [-0.25, -0.2) is 9.36 Å². The van der Waals surface area contributed by atoms with E-state index in [1.165, 1.54) is 25.7 Å². The number of amides is 1. The van der Waals surface area contributed by atoms with Crippen molar-refractivity contribution in [3.05, 3.63) is 35.5 Å². The second kappa shape index (κ2) is 6.67. The molecule has 0 radical (unpaired) electrons. The smallest absolute Gasteiger partial charge is 0.418 e. The maximum absolute atomic E-state index is 13.6. The molecule has 8 heteroatoms. The minimum atomic E-state index is -1.32. The zero-order valence-corrected chi connectivity index (χ0v) is 17.7. The number of rotatable bonds is 2. The lowest BCUT2D eigenvalue weighted by Crippen LogP contribution is -2.70. The van der Waals surface area contributed by atoms with Gasteiger partial charge in [0.05, 0.1) is 31.5 Å². The summed E-state index contributed by atoms with van der Waals surface area (Å²) in [4.78, 5) is 54.1. The van der Waals surface area contributed by atoms with Crippen molar-refractivity contribution in [3.8, 4) is 0 Å². The van der Waals surface area contributed by atoms with Gasteiger partial charge in [-0.1, -0.05) is 18.2 Å². The predicted molar refractivity (Wildman–Crippen MR) is 110 cm³/mol. The quantitative estimate of drug-likeness (QED) is 0.685. The SMILES string of the molecule is COC(=O)n1c2c(c3ccccc31)CCN1C(=O)C3CC(C(C)=O)[C@H]1C2(C(=O)OC)C3. The molecule has 31 heavy (non-hydrogen) atoms. The molecular formula is C23H24N2O6. The van der Waals surface area contributed by atoms with Gasteiger partial charge in [-0.2, -0.15) is 0 Å². The second-order valence-corrected chi connectivity index (χ2v) is 8.69. The number of carbonyl (C=O) groups excluding carboxylic acids is 4. The van der Waals surface area contributed by atoms with Crippen LogP contribution in [0, 0.1) is 11.8 Å². The molecule has 1 saturated carbocycles. The number of hydrogen-bond donors (Lipinski definition) is 0. The topological polar surface area (TPSA) is 94.9 Å². The van der Waals surface area contributed by atoms with Gasteiger partial charge >= 0.3 is 12.1 Å². The fourth-order valence-corrected chi connectivity index (χ4v) is 6.31. The summed E-state index contributed by atoms with van der Waals surface area (Å²) >= 11 is 0. The molecular weight excluding hydrogens is 400 g/mol. The Morgan fingerprint density at radius 2 is 1.87 bits per heavy atom. The van der Waals surface area contributed by atoms with E-state index >= 15 is 0 Å². The molecule has 0 spiro atoms. The van der Waals surface area contributed by atoms with E-state index in [-0.39, 0.29) is 18.1 Å². The molecule has 4 aliphatic rings. The van der Waals surface area contributed by atoms with E-state index in [1.54, 1.807) is 4.90 Å². The number of Topliss-reactive ketones (excluding diaryl/α,β-unsaturated/α-hetero) is 1. The molecule has 4 atom stereocenters. The van der Waals surface area contributed by atoms with Crippen LogP contribution in [0.1, 0.15) is 31.0 Å². The summed E-state index contributed by atoms with van der Waals surface area (Å²) in [6.07, 6.45) is 0.491. The Hall–Kier alpha value is -3.16. The van der Waals surface area contributed by atoms with Crippen molar-refractivity contribution in [1.82, 2.24) is 9.47 Å². The van der Waals surface area contributed by atoms with Gasteiger partial charge in [-0.05, 0) is 37.8 Å². The summed E-state index contributed by atoms with van der Waals surface area (Å²) < 4.78 is 11.9. The molecule has 1 amide bonds. The number of benzene rings is 1. The number of esters is 1. The van der Waals surface area contributed by atoms with E-state index in [0.29, 0.717) is 30.6 Å². The predicted octanol–water partition coefficient (Wildman–Crippen LogP) is 2.05. The zero-order chi connectivity index (χ0) is 22.1. The number of hydrogen-bond acceptors (Lipinski definition) is 6. The lowest BCUT2D eigenvalue weighted by Gasteiger charge is -2.56. The molecule has 2 aromatic rings. The molecule has 2 saturated heterocycles. The van der Waals surface area contributed by atoms with Crippen LogP contribution in [0.25, 0.3) is 10.9 Å². The molecule has 1 aliphatic carbocycles. The summed E-state index contributed by atoms with van der Waals surface area (Å²) in [5.41, 5.74) is 0.657. The monoisotopic (exact) mass is 424 g/mol. The molecule has 162 valence electrons. The summed E-state index contributed by atoms with van der Waals surface area (Å²) in [5.74, 6) is -1.59. The van der Waals surface area contributed by atoms with Crippen LogP contribution in [-0.4, -0.2) is 60.0 Å². The van der Waals surface area contributed by atoms with E-state index in [9.17, 15) is 19.2 Å². The largest absolute Gasteiger partial charge is 0.468 e.